The molecule has 0 fully saturated rings. The molecular formula is C21H13BrClIN2O3. The van der Waals surface area contributed by atoms with Gasteiger partial charge in [0.2, 0.25) is 0 Å². The summed E-state index contributed by atoms with van der Waals surface area (Å²) < 4.78 is 7.06. The average molecular weight is 584 g/mol. The zero-order valence-corrected chi connectivity index (χ0v) is 19.2. The molecular weight excluding hydrogens is 571 g/mol. The summed E-state index contributed by atoms with van der Waals surface area (Å²) in [7, 11) is 0. The fourth-order valence-corrected chi connectivity index (χ4v) is 3.58. The molecule has 0 aliphatic heterocycles. The monoisotopic (exact) mass is 582 g/mol. The van der Waals surface area contributed by atoms with E-state index in [0.29, 0.717) is 16.1 Å². The summed E-state index contributed by atoms with van der Waals surface area (Å²) in [4.78, 5) is 24.7. The lowest BCUT2D eigenvalue weighted by atomic mass is 10.2. The minimum Gasteiger partial charge on any atom is -0.422 e. The molecule has 1 amide bonds. The minimum atomic E-state index is -0.588. The Kier molecular flexibility index (Phi) is 7.40. The maximum Gasteiger partial charge on any atom is 0.345 e. The molecule has 0 bridgehead atoms. The molecule has 146 valence electrons. The number of amides is 1. The predicted octanol–water partition coefficient (Wildman–Crippen LogP) is 5.69. The fourth-order valence-electron chi connectivity index (χ4n) is 2.36. The van der Waals surface area contributed by atoms with Crippen LogP contribution >= 0.6 is 50.1 Å². The van der Waals surface area contributed by atoms with Gasteiger partial charge >= 0.3 is 5.97 Å². The van der Waals surface area contributed by atoms with Gasteiger partial charge < -0.3 is 4.74 Å². The van der Waals surface area contributed by atoms with E-state index in [1.165, 1.54) is 6.21 Å². The number of benzene rings is 3. The topological polar surface area (TPSA) is 67.8 Å². The molecule has 1 N–H and O–H groups in total. The van der Waals surface area contributed by atoms with E-state index in [-0.39, 0.29) is 17.2 Å². The van der Waals surface area contributed by atoms with Crippen molar-refractivity contribution in [3.05, 3.63) is 96.5 Å². The molecule has 0 radical (unpaired) electrons. The zero-order valence-electron chi connectivity index (χ0n) is 14.7. The fraction of sp³-hybridized carbons (Fsp3) is 0. The molecule has 0 atom stereocenters. The Balaban J connectivity index is 1.77. The van der Waals surface area contributed by atoms with Crippen molar-refractivity contribution in [2.75, 3.05) is 0 Å². The Morgan fingerprint density at radius 1 is 1.03 bits per heavy atom. The number of hydrogen-bond acceptors (Lipinski definition) is 4. The van der Waals surface area contributed by atoms with Crippen LogP contribution in [0.25, 0.3) is 0 Å². The van der Waals surface area contributed by atoms with Crippen molar-refractivity contribution in [1.82, 2.24) is 5.43 Å². The summed E-state index contributed by atoms with van der Waals surface area (Å²) in [5.74, 6) is -0.642. The van der Waals surface area contributed by atoms with Crippen LogP contribution in [0.3, 0.4) is 0 Å². The second kappa shape index (κ2) is 10.00. The lowest BCUT2D eigenvalue weighted by Gasteiger charge is -2.09. The van der Waals surface area contributed by atoms with Gasteiger partial charge in [-0.2, -0.15) is 5.10 Å². The largest absolute Gasteiger partial charge is 0.422 e. The number of rotatable bonds is 5. The molecule has 3 aromatic rings. The Labute approximate surface area is 194 Å². The van der Waals surface area contributed by atoms with Crippen LogP contribution in [0, 0.1) is 3.57 Å². The number of halogens is 3. The van der Waals surface area contributed by atoms with E-state index >= 15 is 0 Å². The Morgan fingerprint density at radius 3 is 2.45 bits per heavy atom. The smallest absolute Gasteiger partial charge is 0.345 e. The summed E-state index contributed by atoms with van der Waals surface area (Å²) in [5, 5.41) is 4.29. The Morgan fingerprint density at radius 2 is 1.72 bits per heavy atom. The first-order chi connectivity index (χ1) is 14.0. The van der Waals surface area contributed by atoms with Crippen LogP contribution in [-0.4, -0.2) is 18.1 Å². The van der Waals surface area contributed by atoms with Crippen molar-refractivity contribution in [2.45, 2.75) is 0 Å². The average Bonchev–Trinajstić information content (AvgIpc) is 2.70. The summed E-state index contributed by atoms with van der Waals surface area (Å²) in [5.41, 5.74) is 3.76. The third-order valence-corrected chi connectivity index (χ3v) is 5.52. The van der Waals surface area contributed by atoms with Crippen LogP contribution in [0.5, 0.6) is 5.75 Å². The van der Waals surface area contributed by atoms with E-state index in [1.54, 1.807) is 54.6 Å². The van der Waals surface area contributed by atoms with Crippen molar-refractivity contribution in [2.24, 2.45) is 5.10 Å². The minimum absolute atomic E-state index is 0.256. The van der Waals surface area contributed by atoms with Crippen molar-refractivity contribution in [3.8, 4) is 5.75 Å². The van der Waals surface area contributed by atoms with Gasteiger partial charge in [0.25, 0.3) is 5.91 Å². The zero-order chi connectivity index (χ0) is 20.8. The third-order valence-electron chi connectivity index (χ3n) is 3.76. The number of carbonyl (C=O) groups is 2. The molecule has 0 saturated carbocycles. The third kappa shape index (κ3) is 5.65. The molecule has 0 aliphatic carbocycles. The second-order valence-corrected chi connectivity index (χ2v) is 8.22. The first-order valence-electron chi connectivity index (χ1n) is 8.30. The number of nitrogens with one attached hydrogen (secondary N) is 1. The summed E-state index contributed by atoms with van der Waals surface area (Å²) in [6, 6.07) is 18.9. The van der Waals surface area contributed by atoms with E-state index in [1.807, 2.05) is 12.1 Å². The van der Waals surface area contributed by atoms with E-state index in [0.717, 1.165) is 8.04 Å². The van der Waals surface area contributed by atoms with E-state index in [9.17, 15) is 9.59 Å². The SMILES string of the molecule is O=C(Oc1ccc(Br)cc1/C=N/NC(=O)c1ccccc1I)c1ccccc1Cl. The maximum atomic E-state index is 12.4. The highest BCUT2D eigenvalue weighted by Gasteiger charge is 2.14. The first-order valence-corrected chi connectivity index (χ1v) is 10.5. The molecule has 3 aromatic carbocycles. The maximum absolute atomic E-state index is 12.4. The van der Waals surface area contributed by atoms with Crippen molar-refractivity contribution >= 4 is 68.2 Å². The van der Waals surface area contributed by atoms with Crippen LogP contribution in [0.15, 0.2) is 76.3 Å². The van der Waals surface area contributed by atoms with Gasteiger partial charge in [0.1, 0.15) is 5.75 Å². The van der Waals surface area contributed by atoms with E-state index < -0.39 is 5.97 Å². The van der Waals surface area contributed by atoms with Crippen LogP contribution in [0.4, 0.5) is 0 Å². The highest BCUT2D eigenvalue weighted by molar-refractivity contribution is 14.1. The molecule has 0 aromatic heterocycles. The number of hydrogen-bond donors (Lipinski definition) is 1. The summed E-state index contributed by atoms with van der Waals surface area (Å²) in [6.07, 6.45) is 1.41. The van der Waals surface area contributed by atoms with Gasteiger partial charge in [0, 0.05) is 13.6 Å². The van der Waals surface area contributed by atoms with Gasteiger partial charge in [-0.1, -0.05) is 51.8 Å². The van der Waals surface area contributed by atoms with Crippen LogP contribution in [-0.2, 0) is 0 Å². The van der Waals surface area contributed by atoms with Crippen molar-refractivity contribution in [1.29, 1.82) is 0 Å². The highest BCUT2D eigenvalue weighted by atomic mass is 127. The van der Waals surface area contributed by atoms with Gasteiger partial charge in [-0.15, -0.1) is 0 Å². The molecule has 5 nitrogen and oxygen atoms in total. The molecule has 29 heavy (non-hydrogen) atoms. The molecule has 3 rings (SSSR count). The summed E-state index contributed by atoms with van der Waals surface area (Å²) >= 11 is 11.5. The number of ether oxygens (including phenoxy) is 1. The van der Waals surface area contributed by atoms with Gasteiger partial charge in [-0.05, 0) is 65.1 Å². The quantitative estimate of drug-likeness (QED) is 0.138. The molecule has 0 saturated heterocycles. The number of esters is 1. The normalized spacial score (nSPS) is 10.7. The van der Waals surface area contributed by atoms with Gasteiger partial charge in [-0.3, -0.25) is 4.79 Å². The lowest BCUT2D eigenvalue weighted by Crippen LogP contribution is -2.18. The molecule has 0 unspecified atom stereocenters. The van der Waals surface area contributed by atoms with Gasteiger partial charge in [-0.25, -0.2) is 10.2 Å². The van der Waals surface area contributed by atoms with Crippen molar-refractivity contribution in [3.63, 3.8) is 0 Å². The number of hydrazone groups is 1. The lowest BCUT2D eigenvalue weighted by molar-refractivity contribution is 0.0734. The summed E-state index contributed by atoms with van der Waals surface area (Å²) in [6.45, 7) is 0. The van der Waals surface area contributed by atoms with Crippen molar-refractivity contribution < 1.29 is 14.3 Å². The van der Waals surface area contributed by atoms with E-state index in [2.05, 4.69) is 49.0 Å². The number of nitrogens with zero attached hydrogens (tertiary/aromatic N) is 1. The van der Waals surface area contributed by atoms with Gasteiger partial charge in [0.05, 0.1) is 22.4 Å². The van der Waals surface area contributed by atoms with Crippen LogP contribution in [0.1, 0.15) is 26.3 Å². The first kappa shape index (κ1) is 21.5. The second-order valence-electron chi connectivity index (χ2n) is 5.73. The standard InChI is InChI=1S/C21H13BrClIN2O3/c22-14-9-10-19(29-21(28)15-5-1-3-7-17(15)23)13(11-14)12-25-26-20(27)16-6-2-4-8-18(16)24/h1-12H,(H,26,27)/b25-12+. The number of carbonyl (C=O) groups excluding carboxylic acids is 2. The molecule has 0 spiro atoms. The Hall–Kier alpha value is -2.23. The van der Waals surface area contributed by atoms with Crippen LogP contribution < -0.4 is 10.2 Å². The highest BCUT2D eigenvalue weighted by Crippen LogP contribution is 2.24. The molecule has 8 heteroatoms. The Bertz CT molecular complexity index is 1100. The van der Waals surface area contributed by atoms with E-state index in [4.69, 9.17) is 16.3 Å². The van der Waals surface area contributed by atoms with Gasteiger partial charge in [0.15, 0.2) is 0 Å². The molecule has 0 heterocycles. The molecule has 0 aliphatic rings. The predicted molar refractivity (Wildman–Crippen MR) is 125 cm³/mol. The van der Waals surface area contributed by atoms with Crippen LogP contribution in [0.2, 0.25) is 5.02 Å².